The minimum absolute atomic E-state index is 0.0984. The summed E-state index contributed by atoms with van der Waals surface area (Å²) in [5.41, 5.74) is 8.92. The molecule has 156 valence electrons. The minimum Gasteiger partial charge on any atom is -0.397 e. The minimum atomic E-state index is -3.49. The Balaban J connectivity index is 1.33. The smallest absolute Gasteiger partial charge is 0.235 e. The van der Waals surface area contributed by atoms with Gasteiger partial charge in [-0.25, -0.2) is 8.42 Å². The number of nitrogens with one attached hydrogen (secondary N) is 1. The number of benzene rings is 1. The summed E-state index contributed by atoms with van der Waals surface area (Å²) in [6, 6.07) is 5.34. The highest BCUT2D eigenvalue weighted by Gasteiger charge is 2.44. The van der Waals surface area contributed by atoms with E-state index < -0.39 is 10.0 Å². The third kappa shape index (κ3) is 4.90. The number of hydrogen-bond donors (Lipinski definition) is 2. The molecule has 1 unspecified atom stereocenters. The largest absolute Gasteiger partial charge is 0.397 e. The molecule has 2 saturated heterocycles. The lowest BCUT2D eigenvalue weighted by molar-refractivity contribution is -0.158. The van der Waals surface area contributed by atoms with Gasteiger partial charge in [-0.3, -0.25) is 4.72 Å². The number of nitrogens with zero attached hydrogens (tertiary/aromatic N) is 1. The van der Waals surface area contributed by atoms with Crippen molar-refractivity contribution >= 4 is 27.1 Å². The molecule has 3 N–H and O–H groups in total. The lowest BCUT2D eigenvalue weighted by atomic mass is 9.93. The van der Waals surface area contributed by atoms with Crippen LogP contribution < -0.4 is 15.4 Å². The molecule has 1 aromatic carbocycles. The van der Waals surface area contributed by atoms with Crippen LogP contribution in [0.3, 0.4) is 0 Å². The highest BCUT2D eigenvalue weighted by atomic mass is 32.2. The van der Waals surface area contributed by atoms with Gasteiger partial charge in [-0.1, -0.05) is 0 Å². The van der Waals surface area contributed by atoms with Gasteiger partial charge in [-0.15, -0.1) is 0 Å². The first-order chi connectivity index (χ1) is 13.4. The van der Waals surface area contributed by atoms with E-state index in [1.165, 1.54) is 25.7 Å². The van der Waals surface area contributed by atoms with Crippen molar-refractivity contribution in [3.05, 3.63) is 18.2 Å². The molecule has 2 heterocycles. The zero-order chi connectivity index (χ0) is 19.6. The van der Waals surface area contributed by atoms with Crippen LogP contribution in [0, 0.1) is 5.41 Å². The zero-order valence-corrected chi connectivity index (χ0v) is 17.2. The van der Waals surface area contributed by atoms with E-state index >= 15 is 0 Å². The molecule has 7 nitrogen and oxygen atoms in total. The molecule has 0 amide bonds. The predicted molar refractivity (Wildman–Crippen MR) is 111 cm³/mol. The molecule has 1 spiro atoms. The van der Waals surface area contributed by atoms with Crippen LogP contribution in [0.2, 0.25) is 0 Å². The molecule has 1 aliphatic carbocycles. The third-order valence-corrected chi connectivity index (χ3v) is 7.47. The molecule has 2 aliphatic heterocycles. The Hall–Kier alpha value is -1.51. The topological polar surface area (TPSA) is 93.9 Å². The van der Waals surface area contributed by atoms with Crippen LogP contribution in [0.5, 0.6) is 0 Å². The second-order valence-electron chi connectivity index (χ2n) is 8.35. The lowest BCUT2D eigenvalue weighted by Crippen LogP contribution is -2.35. The summed E-state index contributed by atoms with van der Waals surface area (Å²) in [7, 11) is -3.49. The Morgan fingerprint density at radius 2 is 2.00 bits per heavy atom. The molecule has 0 aromatic heterocycles. The van der Waals surface area contributed by atoms with Crippen LogP contribution in [0.25, 0.3) is 0 Å². The van der Waals surface area contributed by atoms with Gasteiger partial charge in [-0.05, 0) is 68.6 Å². The number of nitrogen functional groups attached to an aromatic ring is 1. The first kappa shape index (κ1) is 19.8. The van der Waals surface area contributed by atoms with Crippen molar-refractivity contribution in [1.82, 2.24) is 0 Å². The van der Waals surface area contributed by atoms with Crippen molar-refractivity contribution in [3.8, 4) is 0 Å². The van der Waals surface area contributed by atoms with Crippen molar-refractivity contribution in [2.45, 2.75) is 51.2 Å². The van der Waals surface area contributed by atoms with Crippen LogP contribution in [0.1, 0.15) is 44.9 Å². The highest BCUT2D eigenvalue weighted by Crippen LogP contribution is 2.54. The zero-order valence-electron chi connectivity index (χ0n) is 16.4. The van der Waals surface area contributed by atoms with E-state index in [1.54, 1.807) is 12.1 Å². The Bertz CT molecular complexity index is 779. The summed E-state index contributed by atoms with van der Waals surface area (Å²) in [5.74, 6) is -0.0984. The van der Waals surface area contributed by atoms with Gasteiger partial charge in [-0.2, -0.15) is 0 Å². The first-order valence-corrected chi connectivity index (χ1v) is 12.0. The number of sulfonamides is 1. The maximum Gasteiger partial charge on any atom is 0.235 e. The summed E-state index contributed by atoms with van der Waals surface area (Å²) in [4.78, 5) is 2.28. The average molecular weight is 410 g/mol. The third-order valence-electron chi connectivity index (χ3n) is 6.22. The normalized spacial score (nSPS) is 24.3. The molecular formula is C20H31N3O4S. The molecule has 4 rings (SSSR count). The van der Waals surface area contributed by atoms with E-state index in [-0.39, 0.29) is 18.6 Å². The van der Waals surface area contributed by atoms with Crippen LogP contribution in [-0.2, 0) is 19.5 Å². The molecule has 0 bridgehead atoms. The standard InChI is InChI=1S/C20H31N3O4S/c21-17-5-4-16(15-18(17)23-10-8-20(6-7-20)9-11-23)22-28(24,25)14-13-27-19-3-1-2-12-26-19/h4-5,15,19,22H,1-3,6-14,21H2. The van der Waals surface area contributed by atoms with E-state index in [1.807, 2.05) is 6.07 Å². The van der Waals surface area contributed by atoms with Gasteiger partial charge in [0.1, 0.15) is 0 Å². The van der Waals surface area contributed by atoms with E-state index in [0.717, 1.165) is 38.0 Å². The highest BCUT2D eigenvalue weighted by molar-refractivity contribution is 7.92. The van der Waals surface area contributed by atoms with Gasteiger partial charge in [0.05, 0.1) is 29.4 Å². The molecule has 0 radical (unpaired) electrons. The van der Waals surface area contributed by atoms with Gasteiger partial charge in [0.2, 0.25) is 10.0 Å². The average Bonchev–Trinajstić information content (AvgIpc) is 3.44. The SMILES string of the molecule is Nc1ccc(NS(=O)(=O)CCOC2CCCCO2)cc1N1CCC2(CC1)CC2. The van der Waals surface area contributed by atoms with Crippen molar-refractivity contribution in [3.63, 3.8) is 0 Å². The second kappa shape index (κ2) is 8.08. The Morgan fingerprint density at radius 3 is 2.68 bits per heavy atom. The maximum atomic E-state index is 12.4. The van der Waals surface area contributed by atoms with Gasteiger partial charge < -0.3 is 20.1 Å². The number of ether oxygens (including phenoxy) is 2. The Labute approximate surface area is 167 Å². The fraction of sp³-hybridized carbons (Fsp3) is 0.700. The molecule has 3 fully saturated rings. The molecule has 1 aromatic rings. The Kier molecular flexibility index (Phi) is 5.71. The van der Waals surface area contributed by atoms with Gasteiger partial charge in [0, 0.05) is 19.7 Å². The molecule has 1 saturated carbocycles. The first-order valence-electron chi connectivity index (χ1n) is 10.3. The van der Waals surface area contributed by atoms with Crippen LogP contribution in [0.15, 0.2) is 18.2 Å². The summed E-state index contributed by atoms with van der Waals surface area (Å²) in [5, 5.41) is 0. The van der Waals surface area contributed by atoms with Crippen molar-refractivity contribution in [2.24, 2.45) is 5.41 Å². The van der Waals surface area contributed by atoms with Gasteiger partial charge in [0.25, 0.3) is 0 Å². The summed E-state index contributed by atoms with van der Waals surface area (Å²) >= 11 is 0. The Morgan fingerprint density at radius 1 is 1.21 bits per heavy atom. The number of anilines is 3. The number of rotatable bonds is 7. The van der Waals surface area contributed by atoms with E-state index in [2.05, 4.69) is 9.62 Å². The molecule has 8 heteroatoms. The predicted octanol–water partition coefficient (Wildman–Crippen LogP) is 2.93. The quantitative estimate of drug-likeness (QED) is 0.673. The fourth-order valence-corrected chi connectivity index (χ4v) is 5.05. The number of nitrogens with two attached hydrogens (primary N) is 1. The molecule has 3 aliphatic rings. The van der Waals surface area contributed by atoms with Crippen molar-refractivity contribution < 1.29 is 17.9 Å². The lowest BCUT2D eigenvalue weighted by Gasteiger charge is -2.34. The fourth-order valence-electron chi connectivity index (χ4n) is 4.14. The van der Waals surface area contributed by atoms with Crippen molar-refractivity contribution in [2.75, 3.05) is 47.4 Å². The molecular weight excluding hydrogens is 378 g/mol. The van der Waals surface area contributed by atoms with Crippen LogP contribution in [0.4, 0.5) is 17.1 Å². The van der Waals surface area contributed by atoms with Gasteiger partial charge in [0.15, 0.2) is 6.29 Å². The van der Waals surface area contributed by atoms with Crippen molar-refractivity contribution in [1.29, 1.82) is 0 Å². The van der Waals surface area contributed by atoms with Crippen LogP contribution >= 0.6 is 0 Å². The van der Waals surface area contributed by atoms with E-state index in [9.17, 15) is 8.42 Å². The van der Waals surface area contributed by atoms with Crippen LogP contribution in [-0.4, -0.2) is 46.8 Å². The molecule has 28 heavy (non-hydrogen) atoms. The van der Waals surface area contributed by atoms with E-state index in [0.29, 0.717) is 23.4 Å². The second-order valence-corrected chi connectivity index (χ2v) is 10.2. The van der Waals surface area contributed by atoms with E-state index in [4.69, 9.17) is 15.2 Å². The monoisotopic (exact) mass is 409 g/mol. The summed E-state index contributed by atoms with van der Waals surface area (Å²) < 4.78 is 38.5. The summed E-state index contributed by atoms with van der Waals surface area (Å²) in [6.45, 7) is 2.77. The maximum absolute atomic E-state index is 12.4. The van der Waals surface area contributed by atoms with Gasteiger partial charge >= 0.3 is 0 Å². The summed E-state index contributed by atoms with van der Waals surface area (Å²) in [6.07, 6.45) is 7.74. The molecule has 1 atom stereocenters. The number of piperidine rings is 1. The number of hydrogen-bond acceptors (Lipinski definition) is 6.